The van der Waals surface area contributed by atoms with E-state index in [4.69, 9.17) is 4.74 Å². The lowest BCUT2D eigenvalue weighted by molar-refractivity contribution is -0.150. The van der Waals surface area contributed by atoms with Gasteiger partial charge in [-0.1, -0.05) is 26.7 Å². The first kappa shape index (κ1) is 11.5. The molecule has 2 unspecified atom stereocenters. The van der Waals surface area contributed by atoms with Crippen LogP contribution in [0.25, 0.3) is 0 Å². The number of esters is 1. The Labute approximate surface area is 86.2 Å². The number of hydrogen-bond donors (Lipinski definition) is 1. The zero-order valence-electron chi connectivity index (χ0n) is 9.43. The summed E-state index contributed by atoms with van der Waals surface area (Å²) in [4.78, 5) is 11.8. The third-order valence-electron chi connectivity index (χ3n) is 3.36. The van der Waals surface area contributed by atoms with Crippen molar-refractivity contribution < 1.29 is 9.53 Å². The third-order valence-corrected chi connectivity index (χ3v) is 3.36. The molecule has 1 saturated carbocycles. The highest BCUT2D eigenvalue weighted by molar-refractivity contribution is 5.81. The van der Waals surface area contributed by atoms with Crippen LogP contribution < -0.4 is 5.32 Å². The van der Waals surface area contributed by atoms with E-state index in [2.05, 4.69) is 12.2 Å². The van der Waals surface area contributed by atoms with Crippen molar-refractivity contribution in [3.05, 3.63) is 0 Å². The molecule has 0 radical (unpaired) electrons. The van der Waals surface area contributed by atoms with Crippen molar-refractivity contribution in [3.8, 4) is 0 Å². The van der Waals surface area contributed by atoms with Gasteiger partial charge in [0, 0.05) is 0 Å². The van der Waals surface area contributed by atoms with Gasteiger partial charge < -0.3 is 10.1 Å². The van der Waals surface area contributed by atoms with Gasteiger partial charge >= 0.3 is 5.97 Å². The lowest BCUT2D eigenvalue weighted by atomic mass is 9.85. The van der Waals surface area contributed by atoms with Gasteiger partial charge in [-0.05, 0) is 25.3 Å². The minimum atomic E-state index is -0.391. The van der Waals surface area contributed by atoms with Gasteiger partial charge in [0.1, 0.15) is 5.54 Å². The van der Waals surface area contributed by atoms with Crippen molar-refractivity contribution in [3.63, 3.8) is 0 Å². The summed E-state index contributed by atoms with van der Waals surface area (Å²) in [6.45, 7) is 5.01. The molecule has 0 bridgehead atoms. The molecule has 1 N–H and O–H groups in total. The number of likely N-dealkylation sites (N-methyl/N-ethyl adjacent to an activating group) is 1. The monoisotopic (exact) mass is 199 g/mol. The Bertz CT molecular complexity index is 205. The summed E-state index contributed by atoms with van der Waals surface area (Å²) in [5.41, 5.74) is -0.391. The minimum Gasteiger partial charge on any atom is -0.468 e. The van der Waals surface area contributed by atoms with Gasteiger partial charge in [-0.2, -0.15) is 0 Å². The van der Waals surface area contributed by atoms with Crippen LogP contribution in [0.2, 0.25) is 0 Å². The lowest BCUT2D eigenvalue weighted by Gasteiger charge is -2.33. The molecule has 0 aromatic heterocycles. The van der Waals surface area contributed by atoms with E-state index in [1.165, 1.54) is 7.11 Å². The third kappa shape index (κ3) is 1.78. The molecule has 82 valence electrons. The summed E-state index contributed by atoms with van der Waals surface area (Å²) in [7, 11) is 1.48. The highest BCUT2D eigenvalue weighted by atomic mass is 16.5. The second kappa shape index (κ2) is 4.78. The maximum Gasteiger partial charge on any atom is 0.326 e. The number of carbonyl (C=O) groups excluding carboxylic acids is 1. The predicted molar refractivity (Wildman–Crippen MR) is 56.1 cm³/mol. The topological polar surface area (TPSA) is 38.3 Å². The molecule has 0 aromatic rings. The number of nitrogens with one attached hydrogen (secondary N) is 1. The maximum absolute atomic E-state index is 11.8. The van der Waals surface area contributed by atoms with Gasteiger partial charge in [0.15, 0.2) is 0 Å². The average molecular weight is 199 g/mol. The molecule has 0 spiro atoms. The average Bonchev–Trinajstić information content (AvgIpc) is 2.61. The fourth-order valence-electron chi connectivity index (χ4n) is 2.70. The van der Waals surface area contributed by atoms with Crippen LogP contribution in [0.5, 0.6) is 0 Å². The van der Waals surface area contributed by atoms with Gasteiger partial charge in [0.05, 0.1) is 7.11 Å². The highest BCUT2D eigenvalue weighted by Crippen LogP contribution is 2.38. The highest BCUT2D eigenvalue weighted by Gasteiger charge is 2.48. The quantitative estimate of drug-likeness (QED) is 0.701. The second-order valence-electron chi connectivity index (χ2n) is 3.99. The van der Waals surface area contributed by atoms with Gasteiger partial charge in [-0.25, -0.2) is 0 Å². The summed E-state index contributed by atoms with van der Waals surface area (Å²) >= 11 is 0. The van der Waals surface area contributed by atoms with Crippen LogP contribution in [0.15, 0.2) is 0 Å². The van der Waals surface area contributed by atoms with Crippen LogP contribution >= 0.6 is 0 Å². The van der Waals surface area contributed by atoms with E-state index in [1.807, 2.05) is 6.92 Å². The normalized spacial score (nSPS) is 31.8. The molecule has 3 heteroatoms. The Morgan fingerprint density at radius 3 is 2.79 bits per heavy atom. The first-order valence-electron chi connectivity index (χ1n) is 5.54. The molecule has 0 amide bonds. The number of rotatable bonds is 4. The predicted octanol–water partition coefficient (Wildman–Crippen LogP) is 1.72. The molecule has 0 heterocycles. The van der Waals surface area contributed by atoms with Gasteiger partial charge in [0.2, 0.25) is 0 Å². The lowest BCUT2D eigenvalue weighted by Crippen LogP contribution is -2.55. The summed E-state index contributed by atoms with van der Waals surface area (Å²) < 4.78 is 4.92. The van der Waals surface area contributed by atoms with Crippen molar-refractivity contribution in [1.29, 1.82) is 0 Å². The van der Waals surface area contributed by atoms with Gasteiger partial charge in [0.25, 0.3) is 0 Å². The molecular weight excluding hydrogens is 178 g/mol. The number of hydrogen-bond acceptors (Lipinski definition) is 3. The minimum absolute atomic E-state index is 0.0799. The van der Waals surface area contributed by atoms with E-state index in [1.54, 1.807) is 0 Å². The Hall–Kier alpha value is -0.570. The van der Waals surface area contributed by atoms with Gasteiger partial charge in [-0.15, -0.1) is 0 Å². The Morgan fingerprint density at radius 2 is 2.29 bits per heavy atom. The number of methoxy groups -OCH3 is 1. The molecule has 1 aliphatic carbocycles. The van der Waals surface area contributed by atoms with Crippen molar-refractivity contribution in [2.75, 3.05) is 13.7 Å². The summed E-state index contributed by atoms with van der Waals surface area (Å²) in [6.07, 6.45) is 4.23. The fraction of sp³-hybridized carbons (Fsp3) is 0.909. The van der Waals surface area contributed by atoms with Crippen LogP contribution in [0, 0.1) is 5.92 Å². The van der Waals surface area contributed by atoms with Crippen molar-refractivity contribution >= 4 is 5.97 Å². The Morgan fingerprint density at radius 1 is 1.57 bits per heavy atom. The van der Waals surface area contributed by atoms with E-state index >= 15 is 0 Å². The van der Waals surface area contributed by atoms with E-state index in [-0.39, 0.29) is 5.97 Å². The van der Waals surface area contributed by atoms with Crippen molar-refractivity contribution in [2.24, 2.45) is 5.92 Å². The van der Waals surface area contributed by atoms with Crippen LogP contribution in [0.3, 0.4) is 0 Å². The second-order valence-corrected chi connectivity index (χ2v) is 3.99. The Kier molecular flexibility index (Phi) is 3.93. The largest absolute Gasteiger partial charge is 0.468 e. The molecule has 3 nitrogen and oxygen atoms in total. The van der Waals surface area contributed by atoms with Crippen molar-refractivity contribution in [2.45, 2.75) is 45.1 Å². The summed E-state index contributed by atoms with van der Waals surface area (Å²) in [5.74, 6) is 0.360. The molecule has 1 rings (SSSR count). The zero-order valence-corrected chi connectivity index (χ0v) is 9.43. The first-order chi connectivity index (χ1) is 6.71. The molecule has 1 fully saturated rings. The summed E-state index contributed by atoms with van der Waals surface area (Å²) in [5, 5.41) is 3.34. The maximum atomic E-state index is 11.8. The van der Waals surface area contributed by atoms with Crippen LogP contribution in [-0.2, 0) is 9.53 Å². The molecule has 14 heavy (non-hydrogen) atoms. The molecular formula is C11H21NO2. The molecule has 0 aliphatic heterocycles. The van der Waals surface area contributed by atoms with Crippen molar-refractivity contribution in [1.82, 2.24) is 5.32 Å². The molecule has 1 aliphatic rings. The SMILES string of the molecule is CCNC1(C(=O)OC)CCCC1CC. The van der Waals surface area contributed by atoms with E-state index in [9.17, 15) is 4.79 Å². The van der Waals surface area contributed by atoms with Gasteiger partial charge in [-0.3, -0.25) is 4.79 Å². The molecule has 2 atom stereocenters. The van der Waals surface area contributed by atoms with Crippen LogP contribution in [0.1, 0.15) is 39.5 Å². The number of ether oxygens (including phenoxy) is 1. The standard InChI is InChI=1S/C11H21NO2/c1-4-9-7-6-8-11(9,12-5-2)10(13)14-3/h9,12H,4-8H2,1-3H3. The summed E-state index contributed by atoms with van der Waals surface area (Å²) in [6, 6.07) is 0. The zero-order chi connectivity index (χ0) is 10.6. The Balaban J connectivity index is 2.84. The fourth-order valence-corrected chi connectivity index (χ4v) is 2.70. The van der Waals surface area contributed by atoms with Crippen LogP contribution in [-0.4, -0.2) is 25.2 Å². The molecule has 0 saturated heterocycles. The van der Waals surface area contributed by atoms with E-state index in [0.717, 1.165) is 32.2 Å². The van der Waals surface area contributed by atoms with Crippen LogP contribution in [0.4, 0.5) is 0 Å². The smallest absolute Gasteiger partial charge is 0.326 e. The molecule has 0 aromatic carbocycles. The van der Waals surface area contributed by atoms with E-state index < -0.39 is 5.54 Å². The first-order valence-corrected chi connectivity index (χ1v) is 5.54. The van der Waals surface area contributed by atoms with E-state index in [0.29, 0.717) is 5.92 Å². The number of carbonyl (C=O) groups is 1.